The molecule has 0 amide bonds. The number of hydrogen-bond donors (Lipinski definition) is 0. The number of aldehydes is 1. The summed E-state index contributed by atoms with van der Waals surface area (Å²) in [6.07, 6.45) is 4.71. The van der Waals surface area contributed by atoms with Crippen LogP contribution >= 0.6 is 0 Å². The molecule has 17 heavy (non-hydrogen) atoms. The molecule has 1 aliphatic carbocycles. The fourth-order valence-electron chi connectivity index (χ4n) is 3.34. The van der Waals surface area contributed by atoms with Crippen LogP contribution in [0.3, 0.4) is 0 Å². The summed E-state index contributed by atoms with van der Waals surface area (Å²) in [5, 5.41) is 0. The molecule has 1 saturated heterocycles. The predicted octanol–water partition coefficient (Wildman–Crippen LogP) is 2.87. The third kappa shape index (κ3) is 1.84. The van der Waals surface area contributed by atoms with Gasteiger partial charge in [-0.1, -0.05) is 6.42 Å². The molecule has 1 aliphatic heterocycles. The molecular formula is C14H16FNO. The molecule has 2 aliphatic rings. The van der Waals surface area contributed by atoms with Crippen LogP contribution in [0.25, 0.3) is 0 Å². The zero-order valence-corrected chi connectivity index (χ0v) is 9.73. The fraction of sp³-hybridized carbons (Fsp3) is 0.500. The van der Waals surface area contributed by atoms with Crippen LogP contribution in [-0.2, 0) is 0 Å². The van der Waals surface area contributed by atoms with Crippen molar-refractivity contribution < 1.29 is 9.18 Å². The van der Waals surface area contributed by atoms with Crippen LogP contribution in [0, 0.1) is 17.7 Å². The molecule has 1 saturated carbocycles. The van der Waals surface area contributed by atoms with E-state index in [4.69, 9.17) is 0 Å². The summed E-state index contributed by atoms with van der Waals surface area (Å²) in [5.41, 5.74) is 1.38. The van der Waals surface area contributed by atoms with E-state index in [9.17, 15) is 9.18 Å². The first-order valence-corrected chi connectivity index (χ1v) is 6.27. The van der Waals surface area contributed by atoms with E-state index < -0.39 is 0 Å². The zero-order valence-electron chi connectivity index (χ0n) is 9.73. The Morgan fingerprint density at radius 2 is 1.94 bits per heavy atom. The minimum atomic E-state index is -0.338. The molecule has 2 nitrogen and oxygen atoms in total. The van der Waals surface area contributed by atoms with Crippen LogP contribution in [0.2, 0.25) is 0 Å². The number of hydrogen-bond acceptors (Lipinski definition) is 2. The van der Waals surface area contributed by atoms with Crippen molar-refractivity contribution in [2.24, 2.45) is 11.8 Å². The van der Waals surface area contributed by atoms with Gasteiger partial charge >= 0.3 is 0 Å². The van der Waals surface area contributed by atoms with Crippen LogP contribution in [0.15, 0.2) is 18.2 Å². The summed E-state index contributed by atoms with van der Waals surface area (Å²) >= 11 is 0. The number of rotatable bonds is 2. The highest BCUT2D eigenvalue weighted by molar-refractivity contribution is 5.84. The van der Waals surface area contributed by atoms with E-state index in [0.717, 1.165) is 36.9 Å². The Morgan fingerprint density at radius 3 is 2.59 bits per heavy atom. The molecule has 0 aromatic heterocycles. The second-order valence-electron chi connectivity index (χ2n) is 5.18. The average molecular weight is 233 g/mol. The SMILES string of the molecule is O=Cc1cc(F)ccc1N1CC2CCCC2C1. The highest BCUT2D eigenvalue weighted by Gasteiger charge is 2.36. The fourth-order valence-corrected chi connectivity index (χ4v) is 3.34. The molecule has 2 fully saturated rings. The summed E-state index contributed by atoms with van der Waals surface area (Å²) in [7, 11) is 0. The van der Waals surface area contributed by atoms with Crippen LogP contribution in [-0.4, -0.2) is 19.4 Å². The lowest BCUT2D eigenvalue weighted by atomic mass is 10.0. The molecule has 3 rings (SSSR count). The van der Waals surface area contributed by atoms with Crippen molar-refractivity contribution in [3.63, 3.8) is 0 Å². The van der Waals surface area contributed by atoms with E-state index in [1.807, 2.05) is 0 Å². The summed E-state index contributed by atoms with van der Waals surface area (Å²) in [6, 6.07) is 4.51. The minimum Gasteiger partial charge on any atom is -0.370 e. The second kappa shape index (κ2) is 4.13. The Bertz CT molecular complexity index is 434. The maximum atomic E-state index is 13.1. The zero-order chi connectivity index (χ0) is 11.8. The molecular weight excluding hydrogens is 217 g/mol. The smallest absolute Gasteiger partial charge is 0.152 e. The maximum Gasteiger partial charge on any atom is 0.152 e. The number of benzene rings is 1. The molecule has 3 heteroatoms. The van der Waals surface area contributed by atoms with Gasteiger partial charge in [-0.3, -0.25) is 4.79 Å². The lowest BCUT2D eigenvalue weighted by Crippen LogP contribution is -2.22. The van der Waals surface area contributed by atoms with Crippen molar-refractivity contribution in [1.82, 2.24) is 0 Å². The highest BCUT2D eigenvalue weighted by atomic mass is 19.1. The van der Waals surface area contributed by atoms with E-state index >= 15 is 0 Å². The maximum absolute atomic E-state index is 13.1. The van der Waals surface area contributed by atoms with Crippen molar-refractivity contribution in [2.45, 2.75) is 19.3 Å². The number of halogens is 1. The Labute approximate surface area is 100 Å². The van der Waals surface area contributed by atoms with Gasteiger partial charge in [0, 0.05) is 24.3 Å². The van der Waals surface area contributed by atoms with Gasteiger partial charge in [0.15, 0.2) is 6.29 Å². The number of carbonyl (C=O) groups excluding carboxylic acids is 1. The minimum absolute atomic E-state index is 0.338. The van der Waals surface area contributed by atoms with Gasteiger partial charge in [0.2, 0.25) is 0 Å². The van der Waals surface area contributed by atoms with Gasteiger partial charge in [-0.25, -0.2) is 4.39 Å². The van der Waals surface area contributed by atoms with Gasteiger partial charge in [0.05, 0.1) is 0 Å². The van der Waals surface area contributed by atoms with Gasteiger partial charge in [-0.05, 0) is 42.9 Å². The van der Waals surface area contributed by atoms with Gasteiger partial charge in [0.25, 0.3) is 0 Å². The molecule has 0 radical (unpaired) electrons. The summed E-state index contributed by atoms with van der Waals surface area (Å²) < 4.78 is 13.1. The molecule has 1 aromatic rings. The van der Waals surface area contributed by atoms with Gasteiger partial charge in [-0.15, -0.1) is 0 Å². The Balaban J connectivity index is 1.87. The van der Waals surface area contributed by atoms with Gasteiger partial charge in [-0.2, -0.15) is 0 Å². The monoisotopic (exact) mass is 233 g/mol. The molecule has 2 atom stereocenters. The molecule has 0 N–H and O–H groups in total. The topological polar surface area (TPSA) is 20.3 Å². The van der Waals surface area contributed by atoms with Crippen molar-refractivity contribution in [3.05, 3.63) is 29.6 Å². The Kier molecular flexibility index (Phi) is 2.61. The molecule has 0 bridgehead atoms. The summed E-state index contributed by atoms with van der Waals surface area (Å²) in [5.74, 6) is 1.22. The second-order valence-corrected chi connectivity index (χ2v) is 5.18. The summed E-state index contributed by atoms with van der Waals surface area (Å²) in [4.78, 5) is 13.2. The van der Waals surface area contributed by atoms with Crippen LogP contribution in [0.4, 0.5) is 10.1 Å². The normalized spacial score (nSPS) is 27.2. The van der Waals surface area contributed by atoms with E-state index in [1.54, 1.807) is 6.07 Å². The van der Waals surface area contributed by atoms with Crippen molar-refractivity contribution in [2.75, 3.05) is 18.0 Å². The molecule has 1 aromatic carbocycles. The molecule has 0 spiro atoms. The number of anilines is 1. The third-order valence-electron chi connectivity index (χ3n) is 4.18. The Morgan fingerprint density at radius 1 is 1.24 bits per heavy atom. The first-order chi connectivity index (χ1) is 8.28. The molecule has 2 unspecified atom stereocenters. The molecule has 90 valence electrons. The quantitative estimate of drug-likeness (QED) is 0.732. The van der Waals surface area contributed by atoms with E-state index in [0.29, 0.717) is 5.56 Å². The average Bonchev–Trinajstić information content (AvgIpc) is 2.89. The standard InChI is InChI=1S/C14H16FNO/c15-13-4-5-14(12(6-13)9-17)16-7-10-2-1-3-11(10)8-16/h4-6,9-11H,1-3,7-8H2. The van der Waals surface area contributed by atoms with E-state index in [1.165, 1.54) is 31.4 Å². The lowest BCUT2D eigenvalue weighted by molar-refractivity contribution is 0.112. The number of fused-ring (bicyclic) bond motifs is 1. The van der Waals surface area contributed by atoms with Gasteiger partial charge < -0.3 is 4.90 Å². The van der Waals surface area contributed by atoms with Crippen molar-refractivity contribution >= 4 is 12.0 Å². The highest BCUT2D eigenvalue weighted by Crippen LogP contribution is 2.40. The van der Waals surface area contributed by atoms with E-state index in [2.05, 4.69) is 4.90 Å². The largest absolute Gasteiger partial charge is 0.370 e. The first-order valence-electron chi connectivity index (χ1n) is 6.27. The van der Waals surface area contributed by atoms with Crippen molar-refractivity contribution in [1.29, 1.82) is 0 Å². The van der Waals surface area contributed by atoms with Crippen LogP contribution < -0.4 is 4.90 Å². The van der Waals surface area contributed by atoms with Crippen LogP contribution in [0.5, 0.6) is 0 Å². The third-order valence-corrected chi connectivity index (χ3v) is 4.18. The first kappa shape index (κ1) is 10.8. The Hall–Kier alpha value is -1.38. The van der Waals surface area contributed by atoms with E-state index in [-0.39, 0.29) is 5.82 Å². The lowest BCUT2D eigenvalue weighted by Gasteiger charge is -2.21. The van der Waals surface area contributed by atoms with Gasteiger partial charge in [0.1, 0.15) is 5.82 Å². The number of nitrogens with zero attached hydrogens (tertiary/aromatic N) is 1. The van der Waals surface area contributed by atoms with Crippen molar-refractivity contribution in [3.8, 4) is 0 Å². The van der Waals surface area contributed by atoms with Crippen LogP contribution in [0.1, 0.15) is 29.6 Å². The predicted molar refractivity (Wildman–Crippen MR) is 64.8 cm³/mol. The molecule has 1 heterocycles. The summed E-state index contributed by atoms with van der Waals surface area (Å²) in [6.45, 7) is 2.05. The number of carbonyl (C=O) groups is 1.